The predicted molar refractivity (Wildman–Crippen MR) is 76.5 cm³/mol. The Morgan fingerprint density at radius 2 is 1.79 bits per heavy atom. The van der Waals surface area contributed by atoms with Crippen LogP contribution in [0.3, 0.4) is 0 Å². The third-order valence-electron chi connectivity index (χ3n) is 3.27. The second-order valence-corrected chi connectivity index (χ2v) is 4.98. The SMILES string of the molecule is Cc1cccc(C)c1C(NN)c1cc(F)ccc1Cl. The molecule has 0 amide bonds. The molecule has 3 N–H and O–H groups in total. The van der Waals surface area contributed by atoms with Crippen molar-refractivity contribution in [3.05, 3.63) is 69.5 Å². The molecule has 0 bridgehead atoms. The monoisotopic (exact) mass is 278 g/mol. The largest absolute Gasteiger partial charge is 0.271 e. The first-order valence-corrected chi connectivity index (χ1v) is 6.39. The van der Waals surface area contributed by atoms with Gasteiger partial charge in [0, 0.05) is 5.02 Å². The normalized spacial score (nSPS) is 12.5. The van der Waals surface area contributed by atoms with Crippen molar-refractivity contribution >= 4 is 11.6 Å². The lowest BCUT2D eigenvalue weighted by molar-refractivity contribution is 0.602. The molecule has 1 atom stereocenters. The molecule has 0 aliphatic carbocycles. The number of halogens is 2. The highest BCUT2D eigenvalue weighted by molar-refractivity contribution is 6.31. The van der Waals surface area contributed by atoms with Crippen LogP contribution >= 0.6 is 11.6 Å². The summed E-state index contributed by atoms with van der Waals surface area (Å²) in [5.41, 5.74) is 6.57. The summed E-state index contributed by atoms with van der Waals surface area (Å²) in [6, 6.07) is 9.95. The van der Waals surface area contributed by atoms with Crippen LogP contribution < -0.4 is 11.3 Å². The Hall–Kier alpha value is -1.42. The van der Waals surface area contributed by atoms with Crippen LogP contribution in [0.1, 0.15) is 28.3 Å². The molecule has 2 aromatic carbocycles. The summed E-state index contributed by atoms with van der Waals surface area (Å²) in [4.78, 5) is 0. The van der Waals surface area contributed by atoms with Crippen molar-refractivity contribution in [2.75, 3.05) is 0 Å². The zero-order valence-corrected chi connectivity index (χ0v) is 11.6. The minimum atomic E-state index is -0.329. The van der Waals surface area contributed by atoms with Gasteiger partial charge in [0.2, 0.25) is 0 Å². The number of hydrogen-bond donors (Lipinski definition) is 2. The van der Waals surface area contributed by atoms with Crippen LogP contribution in [-0.2, 0) is 0 Å². The molecule has 2 aromatic rings. The summed E-state index contributed by atoms with van der Waals surface area (Å²) >= 11 is 6.16. The molecule has 1 unspecified atom stereocenters. The Morgan fingerprint density at radius 3 is 2.37 bits per heavy atom. The molecule has 0 saturated carbocycles. The lowest BCUT2D eigenvalue weighted by Gasteiger charge is -2.22. The first kappa shape index (κ1) is 14.0. The summed E-state index contributed by atoms with van der Waals surface area (Å²) in [6.07, 6.45) is 0. The van der Waals surface area contributed by atoms with Gasteiger partial charge < -0.3 is 0 Å². The van der Waals surface area contributed by atoms with Gasteiger partial charge in [-0.15, -0.1) is 0 Å². The summed E-state index contributed by atoms with van der Waals surface area (Å²) in [5.74, 6) is 5.33. The molecule has 100 valence electrons. The molecule has 0 fully saturated rings. The molecular formula is C15H16ClFN2. The Morgan fingerprint density at radius 1 is 1.16 bits per heavy atom. The maximum absolute atomic E-state index is 13.4. The van der Waals surface area contributed by atoms with Crippen molar-refractivity contribution in [1.29, 1.82) is 0 Å². The molecule has 0 heterocycles. The molecule has 0 aliphatic heterocycles. The van der Waals surface area contributed by atoms with Gasteiger partial charge in [-0.1, -0.05) is 29.8 Å². The summed E-state index contributed by atoms with van der Waals surface area (Å²) in [6.45, 7) is 4.00. The Kier molecular flexibility index (Phi) is 4.20. The Labute approximate surface area is 117 Å². The molecule has 2 nitrogen and oxygen atoms in total. The van der Waals surface area contributed by atoms with Gasteiger partial charge in [-0.25, -0.2) is 9.82 Å². The predicted octanol–water partition coefficient (Wildman–Crippen LogP) is 3.65. The quantitative estimate of drug-likeness (QED) is 0.664. The van der Waals surface area contributed by atoms with Gasteiger partial charge in [-0.3, -0.25) is 5.84 Å². The molecule has 0 spiro atoms. The zero-order chi connectivity index (χ0) is 14.0. The summed E-state index contributed by atoms with van der Waals surface area (Å²) in [5, 5.41) is 0.493. The minimum absolute atomic E-state index is 0.328. The van der Waals surface area contributed by atoms with Crippen molar-refractivity contribution in [2.24, 2.45) is 5.84 Å². The van der Waals surface area contributed by atoms with Gasteiger partial charge in [0.25, 0.3) is 0 Å². The van der Waals surface area contributed by atoms with E-state index in [1.165, 1.54) is 12.1 Å². The smallest absolute Gasteiger partial charge is 0.123 e. The van der Waals surface area contributed by atoms with E-state index in [9.17, 15) is 4.39 Å². The average Bonchev–Trinajstić information content (AvgIpc) is 2.37. The van der Waals surface area contributed by atoms with Crippen LogP contribution in [0, 0.1) is 19.7 Å². The molecule has 0 radical (unpaired) electrons. The van der Waals surface area contributed by atoms with Crippen molar-refractivity contribution in [3.63, 3.8) is 0 Å². The number of nitrogens with one attached hydrogen (secondary N) is 1. The van der Waals surface area contributed by atoms with Gasteiger partial charge in [0.1, 0.15) is 5.82 Å². The molecular weight excluding hydrogens is 263 g/mol. The lowest BCUT2D eigenvalue weighted by atomic mass is 9.91. The Balaban J connectivity index is 2.59. The van der Waals surface area contributed by atoms with E-state index in [0.29, 0.717) is 10.6 Å². The van der Waals surface area contributed by atoms with E-state index >= 15 is 0 Å². The van der Waals surface area contributed by atoms with E-state index in [-0.39, 0.29) is 11.9 Å². The van der Waals surface area contributed by atoms with Crippen molar-refractivity contribution < 1.29 is 4.39 Å². The van der Waals surface area contributed by atoms with Crippen LogP contribution in [0.5, 0.6) is 0 Å². The third-order valence-corrected chi connectivity index (χ3v) is 3.61. The van der Waals surface area contributed by atoms with Crippen LogP contribution in [0.4, 0.5) is 4.39 Å². The number of nitrogens with two attached hydrogens (primary N) is 1. The van der Waals surface area contributed by atoms with Crippen LogP contribution in [-0.4, -0.2) is 0 Å². The van der Waals surface area contributed by atoms with Crippen LogP contribution in [0.2, 0.25) is 5.02 Å². The number of hydrogen-bond acceptors (Lipinski definition) is 2. The Bertz CT molecular complexity index is 578. The zero-order valence-electron chi connectivity index (χ0n) is 10.9. The van der Waals surface area contributed by atoms with Crippen LogP contribution in [0.25, 0.3) is 0 Å². The topological polar surface area (TPSA) is 38.0 Å². The molecule has 0 aliphatic rings. The van der Waals surface area contributed by atoms with E-state index in [0.717, 1.165) is 16.7 Å². The second-order valence-electron chi connectivity index (χ2n) is 4.57. The highest BCUT2D eigenvalue weighted by Crippen LogP contribution is 2.31. The maximum Gasteiger partial charge on any atom is 0.123 e. The van der Waals surface area contributed by atoms with Crippen molar-refractivity contribution in [3.8, 4) is 0 Å². The first-order valence-electron chi connectivity index (χ1n) is 6.01. The van der Waals surface area contributed by atoms with Gasteiger partial charge in [-0.2, -0.15) is 0 Å². The molecule has 4 heteroatoms. The number of rotatable bonds is 3. The standard InChI is InChI=1S/C15H16ClFN2/c1-9-4-3-5-10(2)14(9)15(19-18)12-8-11(17)6-7-13(12)16/h3-8,15,19H,18H2,1-2H3. The van der Waals surface area contributed by atoms with Gasteiger partial charge >= 0.3 is 0 Å². The lowest BCUT2D eigenvalue weighted by Crippen LogP contribution is -2.30. The molecule has 19 heavy (non-hydrogen) atoms. The maximum atomic E-state index is 13.4. The highest BCUT2D eigenvalue weighted by Gasteiger charge is 2.19. The number of hydrazine groups is 1. The number of aryl methyl sites for hydroxylation is 2. The molecule has 0 saturated heterocycles. The van der Waals surface area contributed by atoms with E-state index in [1.807, 2.05) is 32.0 Å². The second kappa shape index (κ2) is 5.70. The van der Waals surface area contributed by atoms with Gasteiger partial charge in [0.05, 0.1) is 6.04 Å². The van der Waals surface area contributed by atoms with Crippen molar-refractivity contribution in [2.45, 2.75) is 19.9 Å². The fourth-order valence-corrected chi connectivity index (χ4v) is 2.57. The minimum Gasteiger partial charge on any atom is -0.271 e. The summed E-state index contributed by atoms with van der Waals surface area (Å²) < 4.78 is 13.4. The fourth-order valence-electron chi connectivity index (χ4n) is 2.35. The highest BCUT2D eigenvalue weighted by atomic mass is 35.5. The van der Waals surface area contributed by atoms with E-state index in [2.05, 4.69) is 5.43 Å². The van der Waals surface area contributed by atoms with Crippen molar-refractivity contribution in [1.82, 2.24) is 5.43 Å². The third kappa shape index (κ3) is 2.78. The first-order chi connectivity index (χ1) is 9.04. The molecule has 0 aromatic heterocycles. The van der Waals surface area contributed by atoms with Gasteiger partial charge in [0.15, 0.2) is 0 Å². The summed E-state index contributed by atoms with van der Waals surface area (Å²) in [7, 11) is 0. The number of benzene rings is 2. The van der Waals surface area contributed by atoms with E-state index in [1.54, 1.807) is 6.07 Å². The van der Waals surface area contributed by atoms with Crippen LogP contribution in [0.15, 0.2) is 36.4 Å². The van der Waals surface area contributed by atoms with Gasteiger partial charge in [-0.05, 0) is 54.3 Å². The average molecular weight is 279 g/mol. The fraction of sp³-hybridized carbons (Fsp3) is 0.200. The molecule has 2 rings (SSSR count). The van der Waals surface area contributed by atoms with E-state index in [4.69, 9.17) is 17.4 Å². The van der Waals surface area contributed by atoms with E-state index < -0.39 is 0 Å².